The summed E-state index contributed by atoms with van der Waals surface area (Å²) in [5.74, 6) is 0.0581. The largest absolute Gasteiger partial charge is 0.378 e. The molecular weight excluding hydrogens is 236 g/mol. The summed E-state index contributed by atoms with van der Waals surface area (Å²) in [6.07, 6.45) is 7.96. The number of hydrogen-bond acceptors (Lipinski definition) is 3. The zero-order chi connectivity index (χ0) is 11.1. The van der Waals surface area contributed by atoms with Crippen LogP contribution in [0.2, 0.25) is 0 Å². The Kier molecular flexibility index (Phi) is 5.94. The molecule has 0 amide bonds. The maximum atomic E-state index is 10.6. The lowest BCUT2D eigenvalue weighted by molar-refractivity contribution is 0.0270. The first-order valence-corrected chi connectivity index (χ1v) is 8.10. The molecule has 0 aromatic rings. The Balaban J connectivity index is 1.96. The molecule has 1 rings (SSSR count). The van der Waals surface area contributed by atoms with Crippen molar-refractivity contribution in [2.24, 2.45) is 0 Å². The van der Waals surface area contributed by atoms with Crippen molar-refractivity contribution < 1.29 is 13.2 Å². The Hall–Kier alpha value is 0.200. The van der Waals surface area contributed by atoms with Gasteiger partial charge in [-0.15, -0.1) is 0 Å². The SMILES string of the molecule is O=S(=O)(Cl)CCCCOC1CCCCC1. The van der Waals surface area contributed by atoms with Gasteiger partial charge in [0.25, 0.3) is 0 Å². The van der Waals surface area contributed by atoms with Crippen molar-refractivity contribution in [3.63, 3.8) is 0 Å². The van der Waals surface area contributed by atoms with Crippen LogP contribution in [-0.2, 0) is 13.8 Å². The molecule has 0 aromatic heterocycles. The minimum atomic E-state index is -3.31. The van der Waals surface area contributed by atoms with Gasteiger partial charge in [-0.25, -0.2) is 8.42 Å². The van der Waals surface area contributed by atoms with Gasteiger partial charge in [-0.3, -0.25) is 0 Å². The number of rotatable bonds is 6. The van der Waals surface area contributed by atoms with E-state index >= 15 is 0 Å². The first kappa shape index (κ1) is 13.3. The van der Waals surface area contributed by atoms with Gasteiger partial charge in [0, 0.05) is 17.3 Å². The smallest absolute Gasteiger partial charge is 0.232 e. The zero-order valence-electron chi connectivity index (χ0n) is 8.95. The van der Waals surface area contributed by atoms with Gasteiger partial charge >= 0.3 is 0 Å². The summed E-state index contributed by atoms with van der Waals surface area (Å²) in [6, 6.07) is 0. The molecule has 5 heteroatoms. The molecule has 1 aliphatic carbocycles. The lowest BCUT2D eigenvalue weighted by atomic mass is 9.98. The van der Waals surface area contributed by atoms with E-state index in [2.05, 4.69) is 0 Å². The fourth-order valence-electron chi connectivity index (χ4n) is 1.86. The molecule has 0 N–H and O–H groups in total. The van der Waals surface area contributed by atoms with Gasteiger partial charge < -0.3 is 4.74 Å². The van der Waals surface area contributed by atoms with E-state index < -0.39 is 9.05 Å². The molecule has 0 saturated heterocycles. The van der Waals surface area contributed by atoms with Crippen molar-refractivity contribution in [2.45, 2.75) is 51.0 Å². The molecule has 1 aliphatic rings. The van der Waals surface area contributed by atoms with E-state index in [1.165, 1.54) is 19.3 Å². The summed E-state index contributed by atoms with van der Waals surface area (Å²) in [4.78, 5) is 0. The minimum Gasteiger partial charge on any atom is -0.378 e. The molecule has 1 fully saturated rings. The van der Waals surface area contributed by atoms with Gasteiger partial charge in [0.1, 0.15) is 0 Å². The normalized spacial score (nSPS) is 19.3. The number of halogens is 1. The van der Waals surface area contributed by atoms with Gasteiger partial charge in [0.15, 0.2) is 0 Å². The predicted molar refractivity (Wildman–Crippen MR) is 61.7 cm³/mol. The molecule has 0 unspecified atom stereocenters. The van der Waals surface area contributed by atoms with Crippen molar-refractivity contribution >= 4 is 19.7 Å². The molecule has 0 radical (unpaired) electrons. The van der Waals surface area contributed by atoms with E-state index in [1.54, 1.807) is 0 Å². The Morgan fingerprint density at radius 1 is 1.13 bits per heavy atom. The molecule has 0 aromatic carbocycles. The molecule has 0 atom stereocenters. The molecule has 15 heavy (non-hydrogen) atoms. The van der Waals surface area contributed by atoms with Crippen LogP contribution in [0.1, 0.15) is 44.9 Å². The van der Waals surface area contributed by atoms with E-state index in [4.69, 9.17) is 15.4 Å². The highest BCUT2D eigenvalue weighted by molar-refractivity contribution is 8.13. The molecule has 0 bridgehead atoms. The molecule has 90 valence electrons. The van der Waals surface area contributed by atoms with E-state index in [1.807, 2.05) is 0 Å². The lowest BCUT2D eigenvalue weighted by Gasteiger charge is -2.21. The standard InChI is InChI=1S/C10H19ClO3S/c11-15(12,13)9-5-4-8-14-10-6-2-1-3-7-10/h10H,1-9H2. The lowest BCUT2D eigenvalue weighted by Crippen LogP contribution is -2.17. The molecule has 0 aliphatic heterocycles. The summed E-state index contributed by atoms with van der Waals surface area (Å²) in [5.41, 5.74) is 0. The second kappa shape index (κ2) is 6.71. The summed E-state index contributed by atoms with van der Waals surface area (Å²) < 4.78 is 26.9. The van der Waals surface area contributed by atoms with Crippen LogP contribution < -0.4 is 0 Å². The Bertz CT molecular complexity index is 258. The van der Waals surface area contributed by atoms with Crippen molar-refractivity contribution in [3.8, 4) is 0 Å². The summed E-state index contributed by atoms with van der Waals surface area (Å²) in [6.45, 7) is 0.664. The highest BCUT2D eigenvalue weighted by Gasteiger charge is 2.13. The first-order valence-electron chi connectivity index (χ1n) is 5.62. The predicted octanol–water partition coefficient (Wildman–Crippen LogP) is 2.68. The minimum absolute atomic E-state index is 0.0581. The third kappa shape index (κ3) is 7.14. The van der Waals surface area contributed by atoms with Crippen LogP contribution in [-0.4, -0.2) is 26.9 Å². The second-order valence-electron chi connectivity index (χ2n) is 4.08. The number of hydrogen-bond donors (Lipinski definition) is 0. The Morgan fingerprint density at radius 3 is 2.40 bits per heavy atom. The van der Waals surface area contributed by atoms with E-state index in [9.17, 15) is 8.42 Å². The Labute approximate surface area is 96.6 Å². The average molecular weight is 255 g/mol. The van der Waals surface area contributed by atoms with E-state index in [0.717, 1.165) is 19.3 Å². The quantitative estimate of drug-likeness (QED) is 0.541. The third-order valence-corrected chi connectivity index (χ3v) is 3.93. The molecular formula is C10H19ClO3S. The van der Waals surface area contributed by atoms with Gasteiger partial charge in [-0.2, -0.15) is 0 Å². The first-order chi connectivity index (χ1) is 7.08. The van der Waals surface area contributed by atoms with Crippen molar-refractivity contribution in [1.29, 1.82) is 0 Å². The van der Waals surface area contributed by atoms with Crippen molar-refractivity contribution in [2.75, 3.05) is 12.4 Å². The molecule has 0 heterocycles. The van der Waals surface area contributed by atoms with Crippen LogP contribution in [0.3, 0.4) is 0 Å². The van der Waals surface area contributed by atoms with Gasteiger partial charge in [-0.1, -0.05) is 19.3 Å². The van der Waals surface area contributed by atoms with Crippen LogP contribution >= 0.6 is 10.7 Å². The third-order valence-electron chi connectivity index (χ3n) is 2.69. The van der Waals surface area contributed by atoms with Crippen LogP contribution in [0.25, 0.3) is 0 Å². The highest BCUT2D eigenvalue weighted by Crippen LogP contribution is 2.20. The van der Waals surface area contributed by atoms with Crippen LogP contribution in [0.5, 0.6) is 0 Å². The van der Waals surface area contributed by atoms with Gasteiger partial charge in [0.2, 0.25) is 9.05 Å². The number of unbranched alkanes of at least 4 members (excludes halogenated alkanes) is 1. The Morgan fingerprint density at radius 2 is 1.80 bits per heavy atom. The fraction of sp³-hybridized carbons (Fsp3) is 1.00. The zero-order valence-corrected chi connectivity index (χ0v) is 10.5. The van der Waals surface area contributed by atoms with Crippen LogP contribution in [0.4, 0.5) is 0 Å². The fourth-order valence-corrected chi connectivity index (χ4v) is 2.73. The average Bonchev–Trinajstić information content (AvgIpc) is 2.17. The summed E-state index contributed by atoms with van der Waals surface area (Å²) in [5, 5.41) is 0. The van der Waals surface area contributed by atoms with Crippen LogP contribution in [0.15, 0.2) is 0 Å². The summed E-state index contributed by atoms with van der Waals surface area (Å²) in [7, 11) is 1.78. The van der Waals surface area contributed by atoms with Crippen LogP contribution in [0, 0.1) is 0 Å². The van der Waals surface area contributed by atoms with E-state index in [0.29, 0.717) is 19.1 Å². The van der Waals surface area contributed by atoms with Gasteiger partial charge in [0.05, 0.1) is 11.9 Å². The maximum absolute atomic E-state index is 10.6. The maximum Gasteiger partial charge on any atom is 0.232 e. The van der Waals surface area contributed by atoms with Crippen molar-refractivity contribution in [1.82, 2.24) is 0 Å². The molecule has 1 saturated carbocycles. The number of ether oxygens (including phenoxy) is 1. The topological polar surface area (TPSA) is 43.4 Å². The van der Waals surface area contributed by atoms with Gasteiger partial charge in [-0.05, 0) is 25.7 Å². The second-order valence-corrected chi connectivity index (χ2v) is 6.98. The van der Waals surface area contributed by atoms with E-state index in [-0.39, 0.29) is 5.75 Å². The highest BCUT2D eigenvalue weighted by atomic mass is 35.7. The molecule has 0 spiro atoms. The molecule has 3 nitrogen and oxygen atoms in total. The summed E-state index contributed by atoms with van der Waals surface area (Å²) >= 11 is 0. The van der Waals surface area contributed by atoms with Crippen molar-refractivity contribution in [3.05, 3.63) is 0 Å². The monoisotopic (exact) mass is 254 g/mol.